The molecule has 2 heterocycles. The zero-order chi connectivity index (χ0) is 20.5. The summed E-state index contributed by atoms with van der Waals surface area (Å²) in [6.45, 7) is 3.88. The molecule has 2 aromatic rings. The number of hydrogen-bond acceptors (Lipinski definition) is 5. The van der Waals surface area contributed by atoms with Crippen LogP contribution in [-0.2, 0) is 22.4 Å². The van der Waals surface area contributed by atoms with Crippen LogP contribution in [0, 0.1) is 0 Å². The largest absolute Gasteiger partial charge is 0.467 e. The molecule has 0 saturated carbocycles. The average Bonchev–Trinajstić information content (AvgIpc) is 2.78. The minimum Gasteiger partial charge on any atom is -0.467 e. The highest BCUT2D eigenvalue weighted by Crippen LogP contribution is 2.08. The van der Waals surface area contributed by atoms with E-state index in [1.54, 1.807) is 4.90 Å². The van der Waals surface area contributed by atoms with Gasteiger partial charge in [-0.25, -0.2) is 9.59 Å². The molecule has 3 rings (SSSR count). The standard InChI is InChI=1S/C22H28N4O3/c1-29-21(27)20(17-19-5-3-2-4-6-19)24-22(28)26-15-13-25(14-16-26)12-9-18-7-10-23-11-8-18/h2-8,10-11,20H,9,12-17H2,1H3,(H,24,28). The van der Waals surface area contributed by atoms with Gasteiger partial charge in [-0.1, -0.05) is 30.3 Å². The summed E-state index contributed by atoms with van der Waals surface area (Å²) in [7, 11) is 1.34. The Hall–Kier alpha value is -2.93. The normalized spacial score (nSPS) is 15.6. The summed E-state index contributed by atoms with van der Waals surface area (Å²) in [6, 6.07) is 12.8. The number of esters is 1. The molecular formula is C22H28N4O3. The molecule has 1 unspecified atom stereocenters. The summed E-state index contributed by atoms with van der Waals surface area (Å²) in [5, 5.41) is 2.85. The number of piperazine rings is 1. The number of carbonyl (C=O) groups is 2. The Morgan fingerprint density at radius 1 is 1.03 bits per heavy atom. The lowest BCUT2D eigenvalue weighted by Crippen LogP contribution is -2.55. The molecule has 1 aliphatic rings. The van der Waals surface area contributed by atoms with Gasteiger partial charge < -0.3 is 15.0 Å². The van der Waals surface area contributed by atoms with Gasteiger partial charge in [0, 0.05) is 51.5 Å². The molecule has 1 aliphatic heterocycles. The van der Waals surface area contributed by atoms with Crippen molar-refractivity contribution in [3.05, 3.63) is 66.0 Å². The molecule has 1 fully saturated rings. The lowest BCUT2D eigenvalue weighted by Gasteiger charge is -2.35. The van der Waals surface area contributed by atoms with Crippen molar-refractivity contribution in [2.75, 3.05) is 39.8 Å². The van der Waals surface area contributed by atoms with E-state index in [1.807, 2.05) is 54.9 Å². The quantitative estimate of drug-likeness (QED) is 0.722. The van der Waals surface area contributed by atoms with E-state index < -0.39 is 12.0 Å². The molecule has 29 heavy (non-hydrogen) atoms. The summed E-state index contributed by atoms with van der Waals surface area (Å²) in [5.41, 5.74) is 2.24. The first-order chi connectivity index (χ1) is 14.2. The van der Waals surface area contributed by atoms with Crippen molar-refractivity contribution in [2.45, 2.75) is 18.9 Å². The van der Waals surface area contributed by atoms with E-state index in [-0.39, 0.29) is 6.03 Å². The van der Waals surface area contributed by atoms with E-state index >= 15 is 0 Å². The Balaban J connectivity index is 1.47. The highest BCUT2D eigenvalue weighted by atomic mass is 16.5. The zero-order valence-corrected chi connectivity index (χ0v) is 16.8. The number of ether oxygens (including phenoxy) is 1. The molecule has 0 radical (unpaired) electrons. The number of amides is 2. The van der Waals surface area contributed by atoms with Gasteiger partial charge in [-0.15, -0.1) is 0 Å². The predicted octanol–water partition coefficient (Wildman–Crippen LogP) is 1.74. The molecule has 2 amide bonds. The second-order valence-corrected chi connectivity index (χ2v) is 7.15. The van der Waals surface area contributed by atoms with Gasteiger partial charge in [0.25, 0.3) is 0 Å². The van der Waals surface area contributed by atoms with Gasteiger partial charge >= 0.3 is 12.0 Å². The summed E-state index contributed by atoms with van der Waals surface area (Å²) in [5.74, 6) is -0.432. The highest BCUT2D eigenvalue weighted by molar-refractivity contribution is 5.83. The monoisotopic (exact) mass is 396 g/mol. The van der Waals surface area contributed by atoms with Crippen LogP contribution in [0.1, 0.15) is 11.1 Å². The number of pyridine rings is 1. The summed E-state index contributed by atoms with van der Waals surface area (Å²) < 4.78 is 4.88. The first-order valence-corrected chi connectivity index (χ1v) is 9.94. The number of urea groups is 1. The molecule has 0 spiro atoms. The Morgan fingerprint density at radius 2 is 1.72 bits per heavy atom. The SMILES string of the molecule is COC(=O)C(Cc1ccccc1)NC(=O)N1CCN(CCc2ccncc2)CC1. The third-order valence-corrected chi connectivity index (χ3v) is 5.19. The number of rotatable bonds is 7. The number of carbonyl (C=O) groups excluding carboxylic acids is 2. The molecule has 0 bridgehead atoms. The number of methoxy groups -OCH3 is 1. The van der Waals surface area contributed by atoms with Crippen molar-refractivity contribution >= 4 is 12.0 Å². The zero-order valence-electron chi connectivity index (χ0n) is 16.8. The van der Waals surface area contributed by atoms with E-state index in [1.165, 1.54) is 12.7 Å². The van der Waals surface area contributed by atoms with Crippen molar-refractivity contribution in [3.63, 3.8) is 0 Å². The Kier molecular flexibility index (Phi) is 7.58. The Bertz CT molecular complexity index is 777. The van der Waals surface area contributed by atoms with Crippen molar-refractivity contribution in [1.82, 2.24) is 20.1 Å². The fourth-order valence-electron chi connectivity index (χ4n) is 3.44. The van der Waals surface area contributed by atoms with Crippen molar-refractivity contribution in [3.8, 4) is 0 Å². The van der Waals surface area contributed by atoms with Gasteiger partial charge in [0.05, 0.1) is 7.11 Å². The molecule has 1 aromatic carbocycles. The molecule has 1 saturated heterocycles. The maximum Gasteiger partial charge on any atom is 0.328 e. The van der Waals surface area contributed by atoms with Crippen LogP contribution in [0.25, 0.3) is 0 Å². The van der Waals surface area contributed by atoms with Crippen molar-refractivity contribution < 1.29 is 14.3 Å². The lowest BCUT2D eigenvalue weighted by atomic mass is 10.1. The van der Waals surface area contributed by atoms with Crippen LogP contribution >= 0.6 is 0 Å². The van der Waals surface area contributed by atoms with E-state index in [0.29, 0.717) is 19.5 Å². The molecule has 0 aliphatic carbocycles. The molecule has 1 N–H and O–H groups in total. The fourth-order valence-corrected chi connectivity index (χ4v) is 3.44. The van der Waals surface area contributed by atoms with E-state index in [2.05, 4.69) is 15.2 Å². The van der Waals surface area contributed by atoms with Gasteiger partial charge in [-0.2, -0.15) is 0 Å². The van der Waals surface area contributed by atoms with Gasteiger partial charge in [0.15, 0.2) is 0 Å². The second-order valence-electron chi connectivity index (χ2n) is 7.15. The van der Waals surface area contributed by atoms with E-state index in [9.17, 15) is 9.59 Å². The Labute approximate surface area is 171 Å². The van der Waals surface area contributed by atoms with Gasteiger partial charge in [-0.3, -0.25) is 9.88 Å². The number of nitrogens with one attached hydrogen (secondary N) is 1. The third-order valence-electron chi connectivity index (χ3n) is 5.19. The number of nitrogens with zero attached hydrogens (tertiary/aromatic N) is 3. The summed E-state index contributed by atoms with van der Waals surface area (Å²) in [6.07, 6.45) is 5.00. The lowest BCUT2D eigenvalue weighted by molar-refractivity contribution is -0.142. The van der Waals surface area contributed by atoms with Crippen LogP contribution in [-0.4, -0.2) is 72.7 Å². The van der Waals surface area contributed by atoms with Crippen molar-refractivity contribution in [1.29, 1.82) is 0 Å². The minimum atomic E-state index is -0.695. The van der Waals surface area contributed by atoms with Crippen LogP contribution in [0.2, 0.25) is 0 Å². The second kappa shape index (κ2) is 10.6. The number of hydrogen-bond donors (Lipinski definition) is 1. The molecule has 1 atom stereocenters. The van der Waals surface area contributed by atoms with Gasteiger partial charge in [0.1, 0.15) is 6.04 Å². The first kappa shape index (κ1) is 20.8. The van der Waals surface area contributed by atoms with E-state index in [4.69, 9.17) is 4.74 Å². The van der Waals surface area contributed by atoms with Crippen LogP contribution in [0.5, 0.6) is 0 Å². The molecule has 1 aromatic heterocycles. The van der Waals surface area contributed by atoms with Crippen LogP contribution < -0.4 is 5.32 Å². The number of benzene rings is 1. The summed E-state index contributed by atoms with van der Waals surface area (Å²) >= 11 is 0. The fraction of sp³-hybridized carbons (Fsp3) is 0.409. The maximum atomic E-state index is 12.7. The predicted molar refractivity (Wildman–Crippen MR) is 110 cm³/mol. The van der Waals surface area contributed by atoms with Gasteiger partial charge in [-0.05, 0) is 29.7 Å². The van der Waals surface area contributed by atoms with Crippen LogP contribution in [0.4, 0.5) is 4.79 Å². The third kappa shape index (κ3) is 6.29. The first-order valence-electron chi connectivity index (χ1n) is 9.94. The van der Waals surface area contributed by atoms with E-state index in [0.717, 1.165) is 31.6 Å². The molecular weight excluding hydrogens is 368 g/mol. The molecule has 154 valence electrons. The topological polar surface area (TPSA) is 74.8 Å². The minimum absolute atomic E-state index is 0.217. The number of aromatic nitrogens is 1. The average molecular weight is 396 g/mol. The molecule has 7 heteroatoms. The van der Waals surface area contributed by atoms with Crippen LogP contribution in [0.3, 0.4) is 0 Å². The van der Waals surface area contributed by atoms with Crippen LogP contribution in [0.15, 0.2) is 54.9 Å². The highest BCUT2D eigenvalue weighted by Gasteiger charge is 2.26. The van der Waals surface area contributed by atoms with Gasteiger partial charge in [0.2, 0.25) is 0 Å². The maximum absolute atomic E-state index is 12.7. The summed E-state index contributed by atoms with van der Waals surface area (Å²) in [4.78, 5) is 33.0. The smallest absolute Gasteiger partial charge is 0.328 e. The Morgan fingerprint density at radius 3 is 2.38 bits per heavy atom. The molecule has 7 nitrogen and oxygen atoms in total. The van der Waals surface area contributed by atoms with Crippen molar-refractivity contribution in [2.24, 2.45) is 0 Å².